The zero-order valence-electron chi connectivity index (χ0n) is 21.4. The second kappa shape index (κ2) is 10.3. The van der Waals surface area contributed by atoms with Crippen LogP contribution in [0.2, 0.25) is 0 Å². The van der Waals surface area contributed by atoms with E-state index in [0.717, 1.165) is 28.9 Å². The number of hydrogen-bond donors (Lipinski definition) is 0. The summed E-state index contributed by atoms with van der Waals surface area (Å²) in [6, 6.07) is 12.5. The van der Waals surface area contributed by atoms with Crippen molar-refractivity contribution in [2.75, 3.05) is 6.61 Å². The standard InChI is InChI=1S/C29H27F3N4O3/c1-19(2)36-27(38)22(18-39-28(36)12-10-26(37)11-13-28)16-24-17-35(34-33-24)25-5-3-4-21(15-25)14-20-6-8-23(9-7-20)29(30,31)32/h3-13,15,17,19,22H,14,16,18H2,1-2H3. The molecule has 1 unspecified atom stereocenters. The van der Waals surface area contributed by atoms with Gasteiger partial charge in [0.1, 0.15) is 0 Å². The first-order valence-corrected chi connectivity index (χ1v) is 12.6. The Bertz CT molecular complexity index is 1420. The fourth-order valence-electron chi connectivity index (χ4n) is 4.95. The minimum Gasteiger partial charge on any atom is -0.347 e. The average Bonchev–Trinajstić information content (AvgIpc) is 3.36. The number of benzene rings is 2. The van der Waals surface area contributed by atoms with Gasteiger partial charge in [-0.3, -0.25) is 9.59 Å². The van der Waals surface area contributed by atoms with Crippen molar-refractivity contribution in [2.24, 2.45) is 5.92 Å². The predicted octanol–water partition coefficient (Wildman–Crippen LogP) is 4.69. The third kappa shape index (κ3) is 5.56. The molecule has 1 amide bonds. The minimum absolute atomic E-state index is 0.0898. The molecule has 1 saturated heterocycles. The van der Waals surface area contributed by atoms with Gasteiger partial charge in [-0.1, -0.05) is 29.5 Å². The topological polar surface area (TPSA) is 77.3 Å². The largest absolute Gasteiger partial charge is 0.416 e. The smallest absolute Gasteiger partial charge is 0.347 e. The number of alkyl halides is 3. The Morgan fingerprint density at radius 1 is 1.05 bits per heavy atom. The summed E-state index contributed by atoms with van der Waals surface area (Å²) < 4.78 is 46.3. The minimum atomic E-state index is -4.36. The van der Waals surface area contributed by atoms with Gasteiger partial charge in [0.2, 0.25) is 5.91 Å². The number of rotatable bonds is 6. The Balaban J connectivity index is 1.28. The van der Waals surface area contributed by atoms with E-state index in [1.807, 2.05) is 38.1 Å². The van der Waals surface area contributed by atoms with E-state index in [0.29, 0.717) is 18.5 Å². The van der Waals surface area contributed by atoms with Crippen LogP contribution in [-0.4, -0.2) is 50.0 Å². The van der Waals surface area contributed by atoms with E-state index in [2.05, 4.69) is 10.3 Å². The molecule has 0 bridgehead atoms. The van der Waals surface area contributed by atoms with Crippen LogP contribution in [0.25, 0.3) is 5.69 Å². The molecule has 1 aliphatic carbocycles. The average molecular weight is 537 g/mol. The lowest BCUT2D eigenvalue weighted by molar-refractivity contribution is -0.185. The molecule has 0 N–H and O–H groups in total. The first-order chi connectivity index (χ1) is 18.5. The van der Waals surface area contributed by atoms with Crippen LogP contribution in [0, 0.1) is 5.92 Å². The highest BCUT2D eigenvalue weighted by Gasteiger charge is 2.46. The monoisotopic (exact) mass is 536 g/mol. The molecule has 1 aromatic heterocycles. The summed E-state index contributed by atoms with van der Waals surface area (Å²) in [4.78, 5) is 26.8. The van der Waals surface area contributed by atoms with Gasteiger partial charge in [-0.05, 0) is 80.0 Å². The molecule has 10 heteroatoms. The third-order valence-corrected chi connectivity index (χ3v) is 6.83. The van der Waals surface area contributed by atoms with Crippen molar-refractivity contribution in [1.29, 1.82) is 0 Å². The highest BCUT2D eigenvalue weighted by molar-refractivity contribution is 6.01. The number of halogens is 3. The molecule has 7 nitrogen and oxygen atoms in total. The van der Waals surface area contributed by atoms with Crippen LogP contribution < -0.4 is 0 Å². The van der Waals surface area contributed by atoms with Gasteiger partial charge in [-0.15, -0.1) is 5.10 Å². The van der Waals surface area contributed by atoms with E-state index in [4.69, 9.17) is 4.74 Å². The SMILES string of the molecule is CC(C)N1C(=O)C(Cc2cn(-c3cccc(Cc4ccc(C(F)(F)F)cc4)c3)nn2)COC12C=CC(=O)C=C2. The van der Waals surface area contributed by atoms with Crippen molar-refractivity contribution in [3.05, 3.63) is 101 Å². The van der Waals surface area contributed by atoms with Gasteiger partial charge in [-0.25, -0.2) is 4.68 Å². The number of hydrogen-bond acceptors (Lipinski definition) is 5. The summed E-state index contributed by atoms with van der Waals surface area (Å²) in [7, 11) is 0. The Labute approximate surface area is 223 Å². The van der Waals surface area contributed by atoms with Crippen LogP contribution in [0.4, 0.5) is 13.2 Å². The van der Waals surface area contributed by atoms with Crippen LogP contribution in [0.3, 0.4) is 0 Å². The summed E-state index contributed by atoms with van der Waals surface area (Å²) in [5.41, 5.74) is 1.29. The second-order valence-corrected chi connectivity index (χ2v) is 10.0. The maximum absolute atomic E-state index is 13.5. The van der Waals surface area contributed by atoms with Gasteiger partial charge in [0.15, 0.2) is 11.5 Å². The molecule has 1 spiro atoms. The number of carbonyl (C=O) groups is 2. The number of ketones is 1. The van der Waals surface area contributed by atoms with Crippen LogP contribution in [-0.2, 0) is 33.3 Å². The van der Waals surface area contributed by atoms with Crippen molar-refractivity contribution in [3.63, 3.8) is 0 Å². The van der Waals surface area contributed by atoms with E-state index in [9.17, 15) is 22.8 Å². The van der Waals surface area contributed by atoms with Crippen LogP contribution in [0.5, 0.6) is 0 Å². The molecular weight excluding hydrogens is 509 g/mol. The van der Waals surface area contributed by atoms with Crippen LogP contribution >= 0.6 is 0 Å². The van der Waals surface area contributed by atoms with E-state index in [1.165, 1.54) is 24.3 Å². The Morgan fingerprint density at radius 2 is 1.77 bits per heavy atom. The maximum atomic E-state index is 13.5. The van der Waals surface area contributed by atoms with Crippen molar-refractivity contribution in [2.45, 2.75) is 44.6 Å². The number of ether oxygens (including phenoxy) is 1. The van der Waals surface area contributed by atoms with E-state index >= 15 is 0 Å². The summed E-state index contributed by atoms with van der Waals surface area (Å²) >= 11 is 0. The Morgan fingerprint density at radius 3 is 2.44 bits per heavy atom. The quantitative estimate of drug-likeness (QED) is 0.457. The lowest BCUT2D eigenvalue weighted by Crippen LogP contribution is -2.61. The van der Waals surface area contributed by atoms with Crippen LogP contribution in [0.15, 0.2) is 79.0 Å². The van der Waals surface area contributed by atoms with Crippen molar-refractivity contribution < 1.29 is 27.5 Å². The van der Waals surface area contributed by atoms with Gasteiger partial charge in [0.25, 0.3) is 0 Å². The highest BCUT2D eigenvalue weighted by atomic mass is 19.4. The molecule has 1 atom stereocenters. The zero-order chi connectivity index (χ0) is 27.8. The van der Waals surface area contributed by atoms with Crippen molar-refractivity contribution in [3.8, 4) is 5.69 Å². The molecule has 1 aliphatic heterocycles. The highest BCUT2D eigenvalue weighted by Crippen LogP contribution is 2.34. The maximum Gasteiger partial charge on any atom is 0.416 e. The number of carbonyl (C=O) groups excluding carboxylic acids is 2. The van der Waals surface area contributed by atoms with Gasteiger partial charge >= 0.3 is 6.18 Å². The molecule has 5 rings (SSSR count). The molecule has 0 radical (unpaired) electrons. The lowest BCUT2D eigenvalue weighted by atomic mass is 9.93. The molecule has 0 saturated carbocycles. The number of allylic oxidation sites excluding steroid dienone is 2. The fraction of sp³-hybridized carbons (Fsp3) is 0.310. The van der Waals surface area contributed by atoms with E-state index in [1.54, 1.807) is 27.9 Å². The number of amides is 1. The molecule has 2 aliphatic rings. The van der Waals surface area contributed by atoms with E-state index < -0.39 is 23.4 Å². The molecule has 2 aromatic carbocycles. The predicted molar refractivity (Wildman–Crippen MR) is 137 cm³/mol. The zero-order valence-corrected chi connectivity index (χ0v) is 21.4. The summed E-state index contributed by atoms with van der Waals surface area (Å²) in [6.45, 7) is 3.97. The third-order valence-electron chi connectivity index (χ3n) is 6.83. The summed E-state index contributed by atoms with van der Waals surface area (Å²) in [5, 5.41) is 8.48. The van der Waals surface area contributed by atoms with Crippen molar-refractivity contribution >= 4 is 11.7 Å². The van der Waals surface area contributed by atoms with E-state index in [-0.39, 0.29) is 24.3 Å². The number of aromatic nitrogens is 3. The molecule has 39 heavy (non-hydrogen) atoms. The normalized spacial score (nSPS) is 18.9. The summed E-state index contributed by atoms with van der Waals surface area (Å²) in [5.74, 6) is -0.704. The molecule has 1 fully saturated rings. The summed E-state index contributed by atoms with van der Waals surface area (Å²) in [6.07, 6.45) is 4.26. The molecular formula is C29H27F3N4O3. The fourth-order valence-corrected chi connectivity index (χ4v) is 4.95. The van der Waals surface area contributed by atoms with Gasteiger partial charge in [0.05, 0.1) is 35.7 Å². The lowest BCUT2D eigenvalue weighted by Gasteiger charge is -2.48. The van der Waals surface area contributed by atoms with Gasteiger partial charge in [-0.2, -0.15) is 13.2 Å². The Kier molecular flexibility index (Phi) is 6.98. The van der Waals surface area contributed by atoms with Gasteiger partial charge in [0, 0.05) is 12.5 Å². The van der Waals surface area contributed by atoms with Crippen molar-refractivity contribution in [1.82, 2.24) is 19.9 Å². The Hall–Kier alpha value is -4.05. The number of nitrogens with zero attached hydrogens (tertiary/aromatic N) is 4. The van der Waals surface area contributed by atoms with Crippen LogP contribution in [0.1, 0.15) is 36.2 Å². The molecule has 3 aromatic rings. The first-order valence-electron chi connectivity index (χ1n) is 12.6. The van der Waals surface area contributed by atoms with Gasteiger partial charge < -0.3 is 9.64 Å². The molecule has 2 heterocycles. The molecule has 202 valence electrons. The second-order valence-electron chi connectivity index (χ2n) is 10.0. The first kappa shape index (κ1) is 26.6.